The average molecular weight is 307 g/mol. The fourth-order valence-corrected chi connectivity index (χ4v) is 4.54. The third kappa shape index (κ3) is 2.70. The van der Waals surface area contributed by atoms with E-state index in [0.717, 1.165) is 17.9 Å². The zero-order valence-corrected chi connectivity index (χ0v) is 13.5. The molecule has 0 saturated carbocycles. The molecular formula is C20H25N3. The van der Waals surface area contributed by atoms with Crippen LogP contribution in [0.1, 0.15) is 42.7 Å². The SMILES string of the molecule is Nc1cccc(C2CC3CCC(C2)N3Cc2ccccc2)c1N. The number of nitrogens with zero attached hydrogens (tertiary/aromatic N) is 1. The molecule has 4 N–H and O–H groups in total. The topological polar surface area (TPSA) is 55.3 Å². The zero-order chi connectivity index (χ0) is 15.8. The number of nitrogen functional groups attached to an aromatic ring is 2. The van der Waals surface area contributed by atoms with Gasteiger partial charge in [-0.15, -0.1) is 0 Å². The smallest absolute Gasteiger partial charge is 0.0583 e. The lowest BCUT2D eigenvalue weighted by atomic mass is 9.84. The number of hydrogen-bond donors (Lipinski definition) is 2. The molecule has 2 aliphatic rings. The third-order valence-electron chi connectivity index (χ3n) is 5.71. The van der Waals surface area contributed by atoms with E-state index in [9.17, 15) is 0 Å². The van der Waals surface area contributed by atoms with Crippen molar-refractivity contribution < 1.29 is 0 Å². The van der Waals surface area contributed by atoms with Crippen LogP contribution < -0.4 is 11.5 Å². The molecule has 0 aromatic heterocycles. The van der Waals surface area contributed by atoms with Gasteiger partial charge in [-0.3, -0.25) is 4.90 Å². The van der Waals surface area contributed by atoms with E-state index in [4.69, 9.17) is 11.5 Å². The van der Waals surface area contributed by atoms with E-state index >= 15 is 0 Å². The zero-order valence-electron chi connectivity index (χ0n) is 13.5. The minimum Gasteiger partial charge on any atom is -0.397 e. The molecule has 4 rings (SSSR count). The normalized spacial score (nSPS) is 27.2. The maximum absolute atomic E-state index is 6.24. The van der Waals surface area contributed by atoms with Gasteiger partial charge in [0.05, 0.1) is 11.4 Å². The molecule has 0 radical (unpaired) electrons. The van der Waals surface area contributed by atoms with Crippen molar-refractivity contribution in [3.8, 4) is 0 Å². The first-order valence-corrected chi connectivity index (χ1v) is 8.66. The van der Waals surface area contributed by atoms with Gasteiger partial charge >= 0.3 is 0 Å². The second-order valence-electron chi connectivity index (χ2n) is 7.06. The van der Waals surface area contributed by atoms with Crippen LogP contribution in [0.25, 0.3) is 0 Å². The summed E-state index contributed by atoms with van der Waals surface area (Å²) in [4.78, 5) is 2.72. The summed E-state index contributed by atoms with van der Waals surface area (Å²) in [7, 11) is 0. The summed E-state index contributed by atoms with van der Waals surface area (Å²) in [6.07, 6.45) is 5.04. The van der Waals surface area contributed by atoms with Gasteiger partial charge in [-0.05, 0) is 48.8 Å². The van der Waals surface area contributed by atoms with Crippen LogP contribution in [0.4, 0.5) is 11.4 Å². The van der Waals surface area contributed by atoms with E-state index in [2.05, 4.69) is 41.3 Å². The first-order chi connectivity index (χ1) is 11.2. The van der Waals surface area contributed by atoms with Gasteiger partial charge in [-0.2, -0.15) is 0 Å². The Balaban J connectivity index is 1.53. The van der Waals surface area contributed by atoms with Crippen LogP contribution in [0.15, 0.2) is 48.5 Å². The second-order valence-corrected chi connectivity index (χ2v) is 7.06. The maximum Gasteiger partial charge on any atom is 0.0583 e. The number of benzene rings is 2. The monoisotopic (exact) mass is 307 g/mol. The van der Waals surface area contributed by atoms with Crippen molar-refractivity contribution >= 4 is 11.4 Å². The molecule has 2 saturated heterocycles. The standard InChI is InChI=1S/C20H25N3/c21-19-8-4-7-18(20(19)22)15-11-16-9-10-17(12-15)23(16)13-14-5-2-1-3-6-14/h1-8,15-17H,9-13,21-22H2. The highest BCUT2D eigenvalue weighted by atomic mass is 15.2. The number of rotatable bonds is 3. The van der Waals surface area contributed by atoms with Gasteiger partial charge in [-0.25, -0.2) is 0 Å². The number of piperidine rings is 1. The van der Waals surface area contributed by atoms with E-state index in [0.29, 0.717) is 18.0 Å². The Bertz CT molecular complexity index is 669. The molecule has 2 bridgehead atoms. The quantitative estimate of drug-likeness (QED) is 0.849. The molecule has 2 heterocycles. The van der Waals surface area contributed by atoms with Gasteiger partial charge in [0, 0.05) is 18.6 Å². The van der Waals surface area contributed by atoms with Gasteiger partial charge in [-0.1, -0.05) is 42.5 Å². The molecule has 2 aromatic carbocycles. The Kier molecular flexibility index (Phi) is 3.74. The summed E-state index contributed by atoms with van der Waals surface area (Å²) < 4.78 is 0. The van der Waals surface area contributed by atoms with Gasteiger partial charge in [0.1, 0.15) is 0 Å². The molecule has 23 heavy (non-hydrogen) atoms. The number of anilines is 2. The molecule has 2 unspecified atom stereocenters. The molecule has 2 aliphatic heterocycles. The van der Waals surface area contributed by atoms with E-state index in [-0.39, 0.29) is 0 Å². The lowest BCUT2D eigenvalue weighted by Gasteiger charge is -2.39. The highest BCUT2D eigenvalue weighted by Gasteiger charge is 2.41. The van der Waals surface area contributed by atoms with E-state index in [1.54, 1.807) is 0 Å². The Labute approximate surface area is 138 Å². The fourth-order valence-electron chi connectivity index (χ4n) is 4.54. The summed E-state index contributed by atoms with van der Waals surface area (Å²) >= 11 is 0. The van der Waals surface area contributed by atoms with Gasteiger partial charge in [0.25, 0.3) is 0 Å². The summed E-state index contributed by atoms with van der Waals surface area (Å²) in [6.45, 7) is 1.08. The van der Waals surface area contributed by atoms with Crippen molar-refractivity contribution in [2.75, 3.05) is 11.5 Å². The average Bonchev–Trinajstić information content (AvgIpc) is 2.80. The van der Waals surface area contributed by atoms with Crippen LogP contribution in [0.3, 0.4) is 0 Å². The number of hydrogen-bond acceptors (Lipinski definition) is 3. The summed E-state index contributed by atoms with van der Waals surface area (Å²) in [5.74, 6) is 0.558. The van der Waals surface area contributed by atoms with Crippen molar-refractivity contribution in [2.24, 2.45) is 0 Å². The first kappa shape index (κ1) is 14.6. The lowest BCUT2D eigenvalue weighted by molar-refractivity contribution is 0.119. The minimum atomic E-state index is 0.558. The number of fused-ring (bicyclic) bond motifs is 2. The third-order valence-corrected chi connectivity index (χ3v) is 5.71. The predicted octanol–water partition coefficient (Wildman–Crippen LogP) is 3.76. The van der Waals surface area contributed by atoms with Crippen molar-refractivity contribution in [1.82, 2.24) is 4.90 Å². The van der Waals surface area contributed by atoms with Gasteiger partial charge in [0.15, 0.2) is 0 Å². The van der Waals surface area contributed by atoms with Crippen molar-refractivity contribution in [3.05, 3.63) is 59.7 Å². The molecule has 3 nitrogen and oxygen atoms in total. The Hall–Kier alpha value is -2.00. The fraction of sp³-hybridized carbons (Fsp3) is 0.400. The first-order valence-electron chi connectivity index (χ1n) is 8.66. The van der Waals surface area contributed by atoms with Gasteiger partial charge in [0.2, 0.25) is 0 Å². The van der Waals surface area contributed by atoms with Crippen LogP contribution in [0.5, 0.6) is 0 Å². The van der Waals surface area contributed by atoms with Crippen LogP contribution >= 0.6 is 0 Å². The molecule has 2 aromatic rings. The highest BCUT2D eigenvalue weighted by molar-refractivity contribution is 5.68. The Morgan fingerprint density at radius 2 is 1.57 bits per heavy atom. The molecule has 0 spiro atoms. The van der Waals surface area contributed by atoms with Crippen molar-refractivity contribution in [1.29, 1.82) is 0 Å². The summed E-state index contributed by atoms with van der Waals surface area (Å²) in [5.41, 5.74) is 16.5. The van der Waals surface area contributed by atoms with E-state index in [1.807, 2.05) is 12.1 Å². The summed E-state index contributed by atoms with van der Waals surface area (Å²) in [6, 6.07) is 18.3. The van der Waals surface area contributed by atoms with Gasteiger partial charge < -0.3 is 11.5 Å². The highest BCUT2D eigenvalue weighted by Crippen LogP contribution is 2.45. The lowest BCUT2D eigenvalue weighted by Crippen LogP contribution is -2.41. The number of para-hydroxylation sites is 1. The molecule has 0 amide bonds. The van der Waals surface area contributed by atoms with E-state index in [1.165, 1.54) is 36.8 Å². The van der Waals surface area contributed by atoms with E-state index < -0.39 is 0 Å². The van der Waals surface area contributed by atoms with Crippen LogP contribution in [-0.4, -0.2) is 17.0 Å². The largest absolute Gasteiger partial charge is 0.397 e. The van der Waals surface area contributed by atoms with Crippen LogP contribution in [0, 0.1) is 0 Å². The minimum absolute atomic E-state index is 0.558. The Morgan fingerprint density at radius 1 is 0.870 bits per heavy atom. The van der Waals surface area contributed by atoms with Crippen LogP contribution in [0.2, 0.25) is 0 Å². The molecule has 120 valence electrons. The Morgan fingerprint density at radius 3 is 2.26 bits per heavy atom. The summed E-state index contributed by atoms with van der Waals surface area (Å²) in [5, 5.41) is 0. The predicted molar refractivity (Wildman–Crippen MR) is 96.0 cm³/mol. The van der Waals surface area contributed by atoms with Crippen LogP contribution in [-0.2, 0) is 6.54 Å². The molecule has 2 atom stereocenters. The molecule has 2 fully saturated rings. The molecule has 3 heteroatoms. The molecular weight excluding hydrogens is 282 g/mol. The molecule has 0 aliphatic carbocycles. The van der Waals surface area contributed by atoms with Crippen molar-refractivity contribution in [2.45, 2.75) is 50.2 Å². The maximum atomic E-state index is 6.24. The van der Waals surface area contributed by atoms with Crippen molar-refractivity contribution in [3.63, 3.8) is 0 Å². The second kappa shape index (κ2) is 5.89. The number of nitrogens with two attached hydrogens (primary N) is 2.